The molecule has 4 nitrogen and oxygen atoms in total. The normalized spacial score (nSPS) is 19.9. The van der Waals surface area contributed by atoms with E-state index in [1.807, 2.05) is 23.5 Å². The minimum Gasteiger partial charge on any atom is -0.358 e. The molecule has 3 heterocycles. The third-order valence-corrected chi connectivity index (χ3v) is 7.35. The molecule has 1 saturated heterocycles. The molecule has 2 aliphatic rings. The highest BCUT2D eigenvalue weighted by molar-refractivity contribution is 7.09. The van der Waals surface area contributed by atoms with Gasteiger partial charge in [0.15, 0.2) is 0 Å². The first kappa shape index (κ1) is 18.9. The van der Waals surface area contributed by atoms with Gasteiger partial charge in [-0.15, -0.1) is 11.3 Å². The summed E-state index contributed by atoms with van der Waals surface area (Å²) in [5, 5.41) is 6.63. The number of hydrogen-bond donors (Lipinski definition) is 2. The zero-order valence-electron chi connectivity index (χ0n) is 16.9. The van der Waals surface area contributed by atoms with Crippen LogP contribution in [0.25, 0.3) is 10.9 Å². The Morgan fingerprint density at radius 1 is 1.17 bits per heavy atom. The summed E-state index contributed by atoms with van der Waals surface area (Å²) < 4.78 is 0. The first-order valence-electron chi connectivity index (χ1n) is 10.9. The molecule has 152 valence electrons. The molecule has 1 unspecified atom stereocenters. The maximum atomic E-state index is 13.0. The molecule has 2 N–H and O–H groups in total. The smallest absolute Gasteiger partial charge is 0.253 e. The average molecular weight is 408 g/mol. The van der Waals surface area contributed by atoms with Gasteiger partial charge in [0.2, 0.25) is 0 Å². The molecule has 1 fully saturated rings. The zero-order chi connectivity index (χ0) is 19.6. The Hall–Kier alpha value is -2.11. The highest BCUT2D eigenvalue weighted by atomic mass is 32.1. The molecule has 1 aliphatic heterocycles. The second kappa shape index (κ2) is 8.33. The summed E-state index contributed by atoms with van der Waals surface area (Å²) in [5.41, 5.74) is 4.59. The van der Waals surface area contributed by atoms with Gasteiger partial charge in [-0.05, 0) is 74.1 Å². The Morgan fingerprint density at radius 3 is 3.00 bits per heavy atom. The number of benzene rings is 1. The molecule has 5 heteroatoms. The number of fused-ring (bicyclic) bond motifs is 3. The van der Waals surface area contributed by atoms with Gasteiger partial charge >= 0.3 is 0 Å². The van der Waals surface area contributed by atoms with Crippen LogP contribution in [-0.4, -0.2) is 35.4 Å². The van der Waals surface area contributed by atoms with Crippen molar-refractivity contribution < 1.29 is 4.79 Å². The summed E-state index contributed by atoms with van der Waals surface area (Å²) in [7, 11) is 0. The van der Waals surface area contributed by atoms with E-state index in [9.17, 15) is 4.79 Å². The minimum absolute atomic E-state index is 0.0598. The fourth-order valence-electron chi connectivity index (χ4n) is 5.04. The fourth-order valence-corrected chi connectivity index (χ4v) is 5.78. The van der Waals surface area contributed by atoms with Gasteiger partial charge in [0.1, 0.15) is 0 Å². The number of likely N-dealkylation sites (tertiary alicyclic amines) is 1. The first-order valence-corrected chi connectivity index (χ1v) is 11.8. The number of aryl methyl sites for hydroxylation is 2. The molecular weight excluding hydrogens is 378 g/mol. The minimum atomic E-state index is 0.0598. The van der Waals surface area contributed by atoms with Crippen molar-refractivity contribution in [3.05, 3.63) is 57.4 Å². The molecule has 0 spiro atoms. The van der Waals surface area contributed by atoms with Crippen molar-refractivity contribution in [2.75, 3.05) is 19.6 Å². The van der Waals surface area contributed by atoms with Crippen LogP contribution >= 0.6 is 11.3 Å². The van der Waals surface area contributed by atoms with Crippen LogP contribution in [0.1, 0.15) is 52.2 Å². The Labute approximate surface area is 176 Å². The standard InChI is InChI=1S/C24H29N3OS/c28-24(21-10-3-9-20-19-8-1-2-11-22(19)26-23(20)21)25-14-17-6-4-12-27(15-17)16-18-7-5-13-29-18/h3,5,7,9-10,13,17,26H,1-2,4,6,8,11-12,14-16H2,(H,25,28). The van der Waals surface area contributed by atoms with Gasteiger partial charge in [0, 0.05) is 35.6 Å². The molecule has 2 aromatic heterocycles. The number of nitrogens with zero attached hydrogens (tertiary/aromatic N) is 1. The Kier molecular flexibility index (Phi) is 5.42. The molecule has 1 aromatic carbocycles. The van der Waals surface area contributed by atoms with Crippen LogP contribution in [0, 0.1) is 5.92 Å². The topological polar surface area (TPSA) is 48.1 Å². The first-order chi connectivity index (χ1) is 14.3. The lowest BCUT2D eigenvalue weighted by atomic mass is 9.95. The van der Waals surface area contributed by atoms with E-state index in [1.54, 1.807) is 0 Å². The Balaban J connectivity index is 1.24. The van der Waals surface area contributed by atoms with Crippen LogP contribution in [-0.2, 0) is 19.4 Å². The third kappa shape index (κ3) is 3.99. The Bertz CT molecular complexity index is 991. The van der Waals surface area contributed by atoms with E-state index in [4.69, 9.17) is 0 Å². The van der Waals surface area contributed by atoms with Crippen molar-refractivity contribution in [3.8, 4) is 0 Å². The van der Waals surface area contributed by atoms with E-state index in [-0.39, 0.29) is 5.91 Å². The van der Waals surface area contributed by atoms with Crippen molar-refractivity contribution in [2.24, 2.45) is 5.92 Å². The second-order valence-electron chi connectivity index (χ2n) is 8.55. The lowest BCUT2D eigenvalue weighted by Gasteiger charge is -2.32. The number of thiophene rings is 1. The van der Waals surface area contributed by atoms with E-state index < -0.39 is 0 Å². The molecule has 0 bridgehead atoms. The summed E-state index contributed by atoms with van der Waals surface area (Å²) in [5.74, 6) is 0.591. The van der Waals surface area contributed by atoms with Gasteiger partial charge < -0.3 is 10.3 Å². The summed E-state index contributed by atoms with van der Waals surface area (Å²) >= 11 is 1.83. The molecule has 1 atom stereocenters. The molecule has 3 aromatic rings. The number of para-hydroxylation sites is 1. The molecule has 1 aliphatic carbocycles. The number of piperidine rings is 1. The van der Waals surface area contributed by atoms with Gasteiger partial charge in [0.25, 0.3) is 5.91 Å². The maximum Gasteiger partial charge on any atom is 0.253 e. The van der Waals surface area contributed by atoms with E-state index in [1.165, 1.54) is 47.2 Å². The largest absolute Gasteiger partial charge is 0.358 e. The number of aromatic amines is 1. The zero-order valence-corrected chi connectivity index (χ0v) is 17.7. The van der Waals surface area contributed by atoms with Crippen molar-refractivity contribution in [2.45, 2.75) is 45.1 Å². The number of nitrogens with one attached hydrogen (secondary N) is 2. The summed E-state index contributed by atoms with van der Waals surface area (Å²) in [6.07, 6.45) is 7.13. The summed E-state index contributed by atoms with van der Waals surface area (Å²) in [6.45, 7) is 4.03. The van der Waals surface area contributed by atoms with Crippen LogP contribution in [0.5, 0.6) is 0 Å². The van der Waals surface area contributed by atoms with Gasteiger partial charge in [-0.2, -0.15) is 0 Å². The predicted octanol–water partition coefficient (Wildman–Crippen LogP) is 4.75. The van der Waals surface area contributed by atoms with Crippen molar-refractivity contribution in [1.82, 2.24) is 15.2 Å². The summed E-state index contributed by atoms with van der Waals surface area (Å²) in [6, 6.07) is 10.5. The highest BCUT2D eigenvalue weighted by Gasteiger charge is 2.23. The molecule has 29 heavy (non-hydrogen) atoms. The average Bonchev–Trinajstić information content (AvgIpc) is 3.39. The Morgan fingerprint density at radius 2 is 2.10 bits per heavy atom. The number of carbonyl (C=O) groups excluding carboxylic acids is 1. The SMILES string of the molecule is O=C(NCC1CCCN(Cc2cccs2)C1)c1cccc2c3c([nH]c12)CCCC3. The number of amides is 1. The van der Waals surface area contributed by atoms with Gasteiger partial charge in [0.05, 0.1) is 11.1 Å². The van der Waals surface area contributed by atoms with Crippen LogP contribution in [0.2, 0.25) is 0 Å². The van der Waals surface area contributed by atoms with Crippen LogP contribution < -0.4 is 5.32 Å². The highest BCUT2D eigenvalue weighted by Crippen LogP contribution is 2.30. The van der Waals surface area contributed by atoms with E-state index in [2.05, 4.69) is 38.8 Å². The van der Waals surface area contributed by atoms with Crippen LogP contribution in [0.4, 0.5) is 0 Å². The monoisotopic (exact) mass is 407 g/mol. The number of rotatable bonds is 5. The lowest BCUT2D eigenvalue weighted by molar-refractivity contribution is 0.0932. The van der Waals surface area contributed by atoms with E-state index >= 15 is 0 Å². The third-order valence-electron chi connectivity index (χ3n) is 6.49. The lowest BCUT2D eigenvalue weighted by Crippen LogP contribution is -2.40. The number of hydrogen-bond acceptors (Lipinski definition) is 3. The van der Waals surface area contributed by atoms with Crippen molar-refractivity contribution in [3.63, 3.8) is 0 Å². The fraction of sp³-hybridized carbons (Fsp3) is 0.458. The molecule has 5 rings (SSSR count). The van der Waals surface area contributed by atoms with E-state index in [0.29, 0.717) is 5.92 Å². The quantitative estimate of drug-likeness (QED) is 0.641. The summed E-state index contributed by atoms with van der Waals surface area (Å²) in [4.78, 5) is 20.5. The van der Waals surface area contributed by atoms with Crippen molar-refractivity contribution in [1.29, 1.82) is 0 Å². The maximum absolute atomic E-state index is 13.0. The van der Waals surface area contributed by atoms with Crippen LogP contribution in [0.3, 0.4) is 0 Å². The van der Waals surface area contributed by atoms with Gasteiger partial charge in [-0.1, -0.05) is 18.2 Å². The number of H-pyrrole nitrogens is 1. The molecule has 0 radical (unpaired) electrons. The molecule has 0 saturated carbocycles. The number of aromatic nitrogens is 1. The number of carbonyl (C=O) groups is 1. The second-order valence-corrected chi connectivity index (χ2v) is 9.58. The van der Waals surface area contributed by atoms with E-state index in [0.717, 1.165) is 50.1 Å². The molecular formula is C24H29N3OS. The van der Waals surface area contributed by atoms with Gasteiger partial charge in [-0.3, -0.25) is 9.69 Å². The molecule has 1 amide bonds. The van der Waals surface area contributed by atoms with Gasteiger partial charge in [-0.25, -0.2) is 0 Å². The van der Waals surface area contributed by atoms with Crippen molar-refractivity contribution >= 4 is 28.1 Å². The van der Waals surface area contributed by atoms with Crippen LogP contribution in [0.15, 0.2) is 35.7 Å². The predicted molar refractivity (Wildman–Crippen MR) is 120 cm³/mol.